The lowest BCUT2D eigenvalue weighted by atomic mass is 9.86. The number of pyridine rings is 1. The van der Waals surface area contributed by atoms with Crippen molar-refractivity contribution in [1.29, 1.82) is 0 Å². The fourth-order valence-corrected chi connectivity index (χ4v) is 2.20. The third-order valence-corrected chi connectivity index (χ3v) is 3.52. The maximum absolute atomic E-state index is 11.3. The quantitative estimate of drug-likeness (QED) is 0.727. The molecule has 1 fully saturated rings. The SMILES string of the molecule is CC(C)(c1ccccn1)N(C=O)C1CCC1. The lowest BCUT2D eigenvalue weighted by Gasteiger charge is -2.44. The fourth-order valence-electron chi connectivity index (χ4n) is 2.20. The zero-order valence-electron chi connectivity index (χ0n) is 9.89. The summed E-state index contributed by atoms with van der Waals surface area (Å²) >= 11 is 0. The molecule has 3 heteroatoms. The van der Waals surface area contributed by atoms with E-state index in [-0.39, 0.29) is 5.54 Å². The van der Waals surface area contributed by atoms with E-state index in [1.165, 1.54) is 6.42 Å². The highest BCUT2D eigenvalue weighted by molar-refractivity contribution is 5.50. The van der Waals surface area contributed by atoms with E-state index < -0.39 is 0 Å². The van der Waals surface area contributed by atoms with Crippen LogP contribution in [0.4, 0.5) is 0 Å². The van der Waals surface area contributed by atoms with Crippen LogP contribution in [0.25, 0.3) is 0 Å². The molecule has 0 N–H and O–H groups in total. The maximum atomic E-state index is 11.3. The molecule has 1 aliphatic carbocycles. The standard InChI is InChI=1S/C13H18N2O/c1-13(2,12-8-3-4-9-14-12)15(10-16)11-6-5-7-11/h3-4,8-11H,5-7H2,1-2H3. The topological polar surface area (TPSA) is 33.2 Å². The van der Waals surface area contributed by atoms with Gasteiger partial charge >= 0.3 is 0 Å². The number of nitrogens with zero attached hydrogens (tertiary/aromatic N) is 2. The molecule has 1 saturated carbocycles. The first-order chi connectivity index (χ1) is 7.66. The van der Waals surface area contributed by atoms with Crippen LogP contribution in [0.15, 0.2) is 24.4 Å². The normalized spacial score (nSPS) is 16.6. The van der Waals surface area contributed by atoms with Crippen molar-refractivity contribution < 1.29 is 4.79 Å². The van der Waals surface area contributed by atoms with Gasteiger partial charge in [0.1, 0.15) is 0 Å². The molecular formula is C13H18N2O. The Morgan fingerprint density at radius 2 is 2.19 bits per heavy atom. The van der Waals surface area contributed by atoms with Crippen LogP contribution in [-0.4, -0.2) is 22.3 Å². The molecule has 1 amide bonds. The van der Waals surface area contributed by atoms with E-state index in [4.69, 9.17) is 0 Å². The van der Waals surface area contributed by atoms with Gasteiger partial charge in [0.25, 0.3) is 0 Å². The summed E-state index contributed by atoms with van der Waals surface area (Å²) in [5.74, 6) is 0. The van der Waals surface area contributed by atoms with Crippen molar-refractivity contribution in [3.8, 4) is 0 Å². The van der Waals surface area contributed by atoms with Crippen LogP contribution in [0.5, 0.6) is 0 Å². The average Bonchev–Trinajstić information content (AvgIpc) is 2.24. The van der Waals surface area contributed by atoms with Crippen molar-refractivity contribution in [1.82, 2.24) is 9.88 Å². The maximum Gasteiger partial charge on any atom is 0.210 e. The molecule has 1 aromatic heterocycles. The summed E-state index contributed by atoms with van der Waals surface area (Å²) in [7, 11) is 0. The highest BCUT2D eigenvalue weighted by Gasteiger charge is 2.36. The van der Waals surface area contributed by atoms with E-state index in [0.29, 0.717) is 6.04 Å². The molecule has 86 valence electrons. The summed E-state index contributed by atoms with van der Waals surface area (Å²) in [6.07, 6.45) is 6.22. The summed E-state index contributed by atoms with van der Waals surface area (Å²) in [6.45, 7) is 4.12. The number of carbonyl (C=O) groups excluding carboxylic acids is 1. The highest BCUT2D eigenvalue weighted by atomic mass is 16.1. The molecule has 0 bridgehead atoms. The van der Waals surface area contributed by atoms with Gasteiger partial charge in [0.2, 0.25) is 6.41 Å². The summed E-state index contributed by atoms with van der Waals surface area (Å²) in [5.41, 5.74) is 0.641. The van der Waals surface area contributed by atoms with Crippen LogP contribution in [0.3, 0.4) is 0 Å². The molecule has 3 nitrogen and oxygen atoms in total. The predicted octanol–water partition coefficient (Wildman–Crippen LogP) is 2.33. The van der Waals surface area contributed by atoms with Gasteiger partial charge < -0.3 is 4.90 Å². The Bertz CT molecular complexity index is 357. The number of amides is 1. The minimum Gasteiger partial charge on any atom is -0.332 e. The van der Waals surface area contributed by atoms with E-state index in [2.05, 4.69) is 18.8 Å². The molecule has 0 aromatic carbocycles. The predicted molar refractivity (Wildman–Crippen MR) is 62.8 cm³/mol. The van der Waals surface area contributed by atoms with Gasteiger partial charge in [-0.1, -0.05) is 6.07 Å². The highest BCUT2D eigenvalue weighted by Crippen LogP contribution is 2.34. The van der Waals surface area contributed by atoms with Crippen LogP contribution in [0.2, 0.25) is 0 Å². The molecule has 1 aromatic rings. The molecule has 2 rings (SSSR count). The van der Waals surface area contributed by atoms with E-state index in [9.17, 15) is 4.79 Å². The first kappa shape index (κ1) is 11.1. The Balaban J connectivity index is 2.25. The van der Waals surface area contributed by atoms with Crippen molar-refractivity contribution in [2.45, 2.75) is 44.7 Å². The smallest absolute Gasteiger partial charge is 0.210 e. The van der Waals surface area contributed by atoms with Gasteiger partial charge in [-0.25, -0.2) is 0 Å². The number of rotatable bonds is 4. The van der Waals surface area contributed by atoms with Crippen molar-refractivity contribution in [2.75, 3.05) is 0 Å². The average molecular weight is 218 g/mol. The number of hydrogen-bond acceptors (Lipinski definition) is 2. The lowest BCUT2D eigenvalue weighted by molar-refractivity contribution is -0.129. The second-order valence-electron chi connectivity index (χ2n) is 4.87. The first-order valence-electron chi connectivity index (χ1n) is 5.81. The van der Waals surface area contributed by atoms with E-state index in [1.54, 1.807) is 6.20 Å². The van der Waals surface area contributed by atoms with Crippen LogP contribution in [0, 0.1) is 0 Å². The Kier molecular flexibility index (Phi) is 2.95. The van der Waals surface area contributed by atoms with Gasteiger partial charge in [-0.15, -0.1) is 0 Å². The Morgan fingerprint density at radius 1 is 1.44 bits per heavy atom. The fraction of sp³-hybridized carbons (Fsp3) is 0.538. The number of hydrogen-bond donors (Lipinski definition) is 0. The first-order valence-corrected chi connectivity index (χ1v) is 5.81. The van der Waals surface area contributed by atoms with Crippen molar-refractivity contribution in [3.05, 3.63) is 30.1 Å². The molecular weight excluding hydrogens is 200 g/mol. The molecule has 0 spiro atoms. The van der Waals surface area contributed by atoms with Crippen LogP contribution >= 0.6 is 0 Å². The zero-order chi connectivity index (χ0) is 11.6. The minimum atomic E-state index is -0.311. The second-order valence-corrected chi connectivity index (χ2v) is 4.87. The molecule has 0 atom stereocenters. The Hall–Kier alpha value is -1.38. The largest absolute Gasteiger partial charge is 0.332 e. The van der Waals surface area contributed by atoms with Crippen LogP contribution < -0.4 is 0 Å². The Labute approximate surface area is 96.5 Å². The van der Waals surface area contributed by atoms with E-state index >= 15 is 0 Å². The van der Waals surface area contributed by atoms with Crippen molar-refractivity contribution in [2.24, 2.45) is 0 Å². The summed E-state index contributed by atoms with van der Waals surface area (Å²) in [4.78, 5) is 17.5. The number of aromatic nitrogens is 1. The van der Waals surface area contributed by atoms with E-state index in [1.807, 2.05) is 23.1 Å². The third-order valence-electron chi connectivity index (χ3n) is 3.52. The Morgan fingerprint density at radius 3 is 2.62 bits per heavy atom. The van der Waals surface area contributed by atoms with Gasteiger partial charge in [-0.3, -0.25) is 9.78 Å². The van der Waals surface area contributed by atoms with E-state index in [0.717, 1.165) is 24.9 Å². The third kappa shape index (κ3) is 1.82. The molecule has 0 saturated heterocycles. The molecule has 1 heterocycles. The van der Waals surface area contributed by atoms with Crippen molar-refractivity contribution >= 4 is 6.41 Å². The monoisotopic (exact) mass is 218 g/mol. The molecule has 0 unspecified atom stereocenters. The minimum absolute atomic E-state index is 0.311. The second kappa shape index (κ2) is 4.24. The summed E-state index contributed by atoms with van der Waals surface area (Å²) < 4.78 is 0. The van der Waals surface area contributed by atoms with Crippen LogP contribution in [-0.2, 0) is 10.3 Å². The van der Waals surface area contributed by atoms with Gasteiger partial charge in [0.15, 0.2) is 0 Å². The summed E-state index contributed by atoms with van der Waals surface area (Å²) in [6, 6.07) is 6.24. The van der Waals surface area contributed by atoms with Crippen LogP contribution in [0.1, 0.15) is 38.8 Å². The molecule has 0 radical (unpaired) electrons. The zero-order valence-corrected chi connectivity index (χ0v) is 9.89. The van der Waals surface area contributed by atoms with Gasteiger partial charge in [-0.2, -0.15) is 0 Å². The lowest BCUT2D eigenvalue weighted by Crippen LogP contribution is -2.50. The summed E-state index contributed by atoms with van der Waals surface area (Å²) in [5, 5.41) is 0. The molecule has 0 aliphatic heterocycles. The molecule has 1 aliphatic rings. The van der Waals surface area contributed by atoms with Gasteiger partial charge in [0.05, 0.1) is 11.2 Å². The van der Waals surface area contributed by atoms with Crippen molar-refractivity contribution in [3.63, 3.8) is 0 Å². The molecule has 16 heavy (non-hydrogen) atoms. The number of carbonyl (C=O) groups is 1. The van der Waals surface area contributed by atoms with Gasteiger partial charge in [0, 0.05) is 12.2 Å². The van der Waals surface area contributed by atoms with Gasteiger partial charge in [-0.05, 0) is 45.2 Å².